The average molecular weight is 1170 g/mol. The lowest BCUT2D eigenvalue weighted by atomic mass is 9.35. The number of hydrogen-bond acceptors (Lipinski definition) is 4. The summed E-state index contributed by atoms with van der Waals surface area (Å²) in [5.41, 5.74) is 22.0. The fourth-order valence-electron chi connectivity index (χ4n) is 15.5. The fraction of sp³-hybridized carbons (Fsp3) is 0.0488. The van der Waals surface area contributed by atoms with Crippen LogP contribution in [0, 0.1) is 0 Å². The molecule has 0 spiro atoms. The maximum atomic E-state index is 8.12. The van der Waals surface area contributed by atoms with E-state index in [-0.39, 0.29) is 5.41 Å². The molecular weight excluding hydrogens is 1120 g/mol. The highest BCUT2D eigenvalue weighted by atomic mass is 32.2. The Morgan fingerprint density at radius 1 is 0.356 bits per heavy atom. The molecule has 0 saturated carbocycles. The van der Waals surface area contributed by atoms with Crippen LogP contribution in [0.3, 0.4) is 0 Å². The molecule has 0 saturated heterocycles. The zero-order chi connectivity index (χ0) is 59.3. The van der Waals surface area contributed by atoms with E-state index in [0.717, 1.165) is 170 Å². The highest BCUT2D eigenvalue weighted by Crippen LogP contribution is 2.53. The third-order valence-corrected chi connectivity index (χ3v) is 20.6. The largest absolute Gasteiger partial charge is 0.457 e. The quantitative estimate of drug-likeness (QED) is 0.161. The monoisotopic (exact) mass is 1170 g/mol. The smallest absolute Gasteiger partial charge is 0.263 e. The van der Waals surface area contributed by atoms with Crippen molar-refractivity contribution < 1.29 is 13.6 Å². The summed E-state index contributed by atoms with van der Waals surface area (Å²) in [4.78, 5) is 2.23. The lowest BCUT2D eigenvalue weighted by molar-refractivity contribution is 0.489. The van der Waals surface area contributed by atoms with Gasteiger partial charge in [0.05, 0.1) is 38.8 Å². The topological polar surface area (TPSA) is 50.3 Å². The Bertz CT molecular complexity index is 6070. The molecule has 0 radical (unpaired) electrons. The predicted molar refractivity (Wildman–Crippen MR) is 375 cm³/mol. The van der Waals surface area contributed by atoms with Gasteiger partial charge in [0.1, 0.15) is 28.1 Å². The Morgan fingerprint density at radius 3 is 1.41 bits per heavy atom. The first-order valence-corrected chi connectivity index (χ1v) is 31.8. The summed E-state index contributed by atoms with van der Waals surface area (Å²) in [6.45, 7) is 6.39. The third kappa shape index (κ3) is 6.86. The lowest BCUT2D eigenvalue weighted by Gasteiger charge is -2.34. The van der Waals surface area contributed by atoms with Crippen LogP contribution in [-0.2, 0) is 5.41 Å². The van der Waals surface area contributed by atoms with Crippen LogP contribution < -0.4 is 21.1 Å². The number of aromatic nitrogens is 3. The molecule has 13 aromatic carbocycles. The molecule has 0 unspecified atom stereocenters. The van der Waals surface area contributed by atoms with E-state index in [2.05, 4.69) is 295 Å². The SMILES string of the molecule is CC(C)(C)c1ccc(-n2c3ccc(-c4ccccc4)cc3c3c4c(oc5ccccc54)c4c(c32)Oc2cc(-n3c5ccccc5c5ccccc53)cc3c2B4c2c(c4c(c5cc(-c6ccccc6)ccc5n4-c4ccccc4)c4c2oc2ccccc24)S3)cc1. The molecule has 0 aliphatic carbocycles. The van der Waals surface area contributed by atoms with Crippen LogP contribution in [0.5, 0.6) is 11.5 Å². The molecule has 422 valence electrons. The Hall–Kier alpha value is -10.9. The number of hydrogen-bond donors (Lipinski definition) is 0. The zero-order valence-corrected chi connectivity index (χ0v) is 50.2. The van der Waals surface area contributed by atoms with Gasteiger partial charge in [0.25, 0.3) is 6.71 Å². The fourth-order valence-corrected chi connectivity index (χ4v) is 16.9. The van der Waals surface area contributed by atoms with Crippen LogP contribution in [0.4, 0.5) is 0 Å². The molecule has 6 nitrogen and oxygen atoms in total. The van der Waals surface area contributed by atoms with Crippen molar-refractivity contribution in [3.05, 3.63) is 266 Å². The van der Waals surface area contributed by atoms with E-state index in [1.54, 1.807) is 0 Å². The number of nitrogens with zero attached hydrogens (tertiary/aromatic N) is 3. The minimum Gasteiger partial charge on any atom is -0.457 e. The van der Waals surface area contributed by atoms with Crippen molar-refractivity contribution in [1.29, 1.82) is 0 Å². The van der Waals surface area contributed by atoms with E-state index in [9.17, 15) is 0 Å². The van der Waals surface area contributed by atoms with Crippen LogP contribution in [0.1, 0.15) is 26.3 Å². The molecule has 18 aromatic rings. The van der Waals surface area contributed by atoms with Crippen molar-refractivity contribution in [1.82, 2.24) is 13.7 Å². The maximum Gasteiger partial charge on any atom is 0.263 e. The summed E-state index contributed by atoms with van der Waals surface area (Å²) in [6.07, 6.45) is 0. The molecule has 2 aliphatic rings. The van der Waals surface area contributed by atoms with E-state index in [4.69, 9.17) is 13.6 Å². The second-order valence-electron chi connectivity index (χ2n) is 25.4. The van der Waals surface area contributed by atoms with Crippen molar-refractivity contribution in [2.45, 2.75) is 36.0 Å². The molecule has 8 heteroatoms. The number of furan rings is 2. The van der Waals surface area contributed by atoms with Crippen molar-refractivity contribution in [2.24, 2.45) is 0 Å². The number of benzene rings is 13. The van der Waals surface area contributed by atoms with Crippen molar-refractivity contribution >= 4 is 144 Å². The second kappa shape index (κ2) is 18.3. The minimum absolute atomic E-state index is 0.0558. The molecule has 2 aliphatic heterocycles. The Morgan fingerprint density at radius 2 is 0.833 bits per heavy atom. The van der Waals surface area contributed by atoms with Crippen molar-refractivity contribution in [3.63, 3.8) is 0 Å². The molecule has 7 heterocycles. The lowest BCUT2D eigenvalue weighted by Crippen LogP contribution is -2.58. The average Bonchev–Trinajstić information content (AvgIpc) is 1.43. The highest BCUT2D eigenvalue weighted by Gasteiger charge is 2.47. The maximum absolute atomic E-state index is 8.12. The summed E-state index contributed by atoms with van der Waals surface area (Å²) >= 11 is 1.84. The molecule has 20 rings (SSSR count). The van der Waals surface area contributed by atoms with Gasteiger partial charge in [0.2, 0.25) is 0 Å². The molecular formula is C82H52BN3O3S. The summed E-state index contributed by atoms with van der Waals surface area (Å²) in [5.74, 6) is 1.55. The zero-order valence-electron chi connectivity index (χ0n) is 49.4. The van der Waals surface area contributed by atoms with Crippen LogP contribution >= 0.6 is 11.8 Å². The van der Waals surface area contributed by atoms with Gasteiger partial charge >= 0.3 is 0 Å². The summed E-state index contributed by atoms with van der Waals surface area (Å²) < 4.78 is 30.8. The number of fused-ring (bicyclic) bond motifs is 25. The number of rotatable bonds is 5. The second-order valence-corrected chi connectivity index (χ2v) is 26.5. The third-order valence-electron chi connectivity index (χ3n) is 19.5. The van der Waals surface area contributed by atoms with Crippen LogP contribution in [0.2, 0.25) is 0 Å². The Labute approximate surface area is 521 Å². The number of ether oxygens (including phenoxy) is 1. The van der Waals surface area contributed by atoms with Gasteiger partial charge in [-0.05, 0) is 123 Å². The van der Waals surface area contributed by atoms with E-state index >= 15 is 0 Å². The summed E-state index contributed by atoms with van der Waals surface area (Å²) in [5, 5.41) is 11.2. The van der Waals surface area contributed by atoms with Crippen LogP contribution in [0.15, 0.2) is 279 Å². The molecule has 0 atom stereocenters. The van der Waals surface area contributed by atoms with E-state index < -0.39 is 6.71 Å². The molecule has 0 N–H and O–H groups in total. The molecule has 0 fully saturated rings. The summed E-state index contributed by atoms with van der Waals surface area (Å²) in [7, 11) is 0. The molecule has 0 bridgehead atoms. The molecule has 5 aromatic heterocycles. The first kappa shape index (κ1) is 50.1. The van der Waals surface area contributed by atoms with Crippen molar-refractivity contribution in [2.75, 3.05) is 0 Å². The first-order valence-electron chi connectivity index (χ1n) is 31.0. The predicted octanol–water partition coefficient (Wildman–Crippen LogP) is 20.5. The van der Waals surface area contributed by atoms with E-state index in [1.165, 1.54) is 21.9 Å². The Kier molecular flexibility index (Phi) is 10.2. The standard InChI is InChI=1S/C82H52BN3O3S/c1-82(2,3)51-37-39-53(40-38-51)85-63-41-35-49(47-21-7-4-8-22-47)43-59(63)69-71-57-29-15-19-33-65(57)87-78(71)74-80(76(69)85)89-67-45-54(84-61-31-17-13-27-55(61)56-28-14-18-32-62(56)84)46-68-73(67)83(74)75-79-72(58-30-16-20-34-66(58)88-79)70-60-44-50(48-23-9-5-10-24-48)36-42-64(60)86(77(70)81(75)90-68)52-25-11-6-12-26-52/h4-46H,1-3H3. The van der Waals surface area contributed by atoms with Gasteiger partial charge in [0, 0.05) is 86.6 Å². The van der Waals surface area contributed by atoms with Crippen LogP contribution in [-0.4, -0.2) is 20.4 Å². The van der Waals surface area contributed by atoms with Gasteiger partial charge in [-0.2, -0.15) is 0 Å². The van der Waals surface area contributed by atoms with E-state index in [0.29, 0.717) is 0 Å². The normalized spacial score (nSPS) is 13.1. The van der Waals surface area contributed by atoms with E-state index in [1.807, 2.05) is 11.8 Å². The summed E-state index contributed by atoms with van der Waals surface area (Å²) in [6, 6.07) is 95.3. The van der Waals surface area contributed by atoms with Crippen molar-refractivity contribution in [3.8, 4) is 50.8 Å². The van der Waals surface area contributed by atoms with Gasteiger partial charge in [-0.1, -0.05) is 208 Å². The minimum atomic E-state index is -0.459. The van der Waals surface area contributed by atoms with Gasteiger partial charge in [-0.15, -0.1) is 0 Å². The molecule has 90 heavy (non-hydrogen) atoms. The van der Waals surface area contributed by atoms with Crippen LogP contribution in [0.25, 0.3) is 149 Å². The number of para-hydroxylation sites is 5. The van der Waals surface area contributed by atoms with Gasteiger partial charge in [-0.25, -0.2) is 0 Å². The highest BCUT2D eigenvalue weighted by molar-refractivity contribution is 8.00. The first-order chi connectivity index (χ1) is 44.3. The van der Waals surface area contributed by atoms with Gasteiger partial charge < -0.3 is 27.3 Å². The van der Waals surface area contributed by atoms with Gasteiger partial charge in [0.15, 0.2) is 5.75 Å². The molecule has 0 amide bonds. The Balaban J connectivity index is 1.01. The van der Waals surface area contributed by atoms with Gasteiger partial charge in [-0.3, -0.25) is 0 Å².